The van der Waals surface area contributed by atoms with E-state index in [1.807, 2.05) is 0 Å². The minimum absolute atomic E-state index is 0.152. The molecule has 1 heterocycles. The minimum Gasteiger partial charge on any atom is -0.462 e. The van der Waals surface area contributed by atoms with E-state index in [2.05, 4.69) is 4.98 Å². The molecule has 0 spiro atoms. The Morgan fingerprint density at radius 1 is 1.04 bits per heavy atom. The van der Waals surface area contributed by atoms with E-state index >= 15 is 0 Å². The molecule has 1 aromatic carbocycles. The molecule has 2 aromatic rings. The van der Waals surface area contributed by atoms with Gasteiger partial charge in [-0.05, 0) is 38.5 Å². The van der Waals surface area contributed by atoms with Crippen molar-refractivity contribution in [2.45, 2.75) is 20.8 Å². The first-order valence-electron chi connectivity index (χ1n) is 7.32. The van der Waals surface area contributed by atoms with Crippen molar-refractivity contribution in [3.8, 4) is 11.1 Å². The molecule has 1 aromatic heterocycles. The molecule has 6 heteroatoms. The summed E-state index contributed by atoms with van der Waals surface area (Å²) < 4.78 is 23.3. The predicted octanol–water partition coefficient (Wildman–Crippen LogP) is 3.48. The normalized spacial score (nSPS) is 10.4. The van der Waals surface area contributed by atoms with Crippen LogP contribution >= 0.6 is 0 Å². The van der Waals surface area contributed by atoms with Gasteiger partial charge in [0, 0.05) is 11.3 Å². The second kappa shape index (κ2) is 7.09. The maximum Gasteiger partial charge on any atom is 0.355 e. The highest BCUT2D eigenvalue weighted by Crippen LogP contribution is 2.31. The Labute approximate surface area is 133 Å². The van der Waals surface area contributed by atoms with Crippen LogP contribution in [0.5, 0.6) is 0 Å². The molecule has 0 bridgehead atoms. The SMILES string of the molecule is CCOC(=O)c1[nH]c(C)c(C(=O)OCC)c1-c1ccc(F)cc1. The zero-order valence-corrected chi connectivity index (χ0v) is 13.2. The Kier molecular flexibility index (Phi) is 5.16. The quantitative estimate of drug-likeness (QED) is 0.857. The largest absolute Gasteiger partial charge is 0.462 e. The van der Waals surface area contributed by atoms with Crippen LogP contribution in [-0.2, 0) is 9.47 Å². The minimum atomic E-state index is -0.578. The van der Waals surface area contributed by atoms with Gasteiger partial charge in [-0.25, -0.2) is 14.0 Å². The highest BCUT2D eigenvalue weighted by Gasteiger charge is 2.27. The summed E-state index contributed by atoms with van der Waals surface area (Å²) in [5.74, 6) is -1.53. The summed E-state index contributed by atoms with van der Waals surface area (Å²) in [5, 5.41) is 0. The highest BCUT2D eigenvalue weighted by atomic mass is 19.1. The Hall–Kier alpha value is -2.63. The standard InChI is InChI=1S/C17H18FNO4/c1-4-22-16(20)13-10(3)19-15(17(21)23-5-2)14(13)11-6-8-12(18)9-7-11/h6-9,19H,4-5H2,1-3H3. The number of carbonyl (C=O) groups excluding carboxylic acids is 2. The maximum atomic E-state index is 13.2. The third-order valence-corrected chi connectivity index (χ3v) is 3.28. The monoisotopic (exact) mass is 319 g/mol. The number of halogens is 1. The molecule has 0 fully saturated rings. The molecule has 0 atom stereocenters. The fourth-order valence-electron chi connectivity index (χ4n) is 2.35. The summed E-state index contributed by atoms with van der Waals surface area (Å²) in [6.45, 7) is 5.47. The average molecular weight is 319 g/mol. The molecule has 0 unspecified atom stereocenters. The molecule has 122 valence electrons. The third kappa shape index (κ3) is 3.41. The van der Waals surface area contributed by atoms with Crippen molar-refractivity contribution < 1.29 is 23.5 Å². The molecule has 0 aliphatic heterocycles. The molecule has 23 heavy (non-hydrogen) atoms. The summed E-state index contributed by atoms with van der Waals surface area (Å²) >= 11 is 0. The second-order valence-corrected chi connectivity index (χ2v) is 4.82. The molecule has 0 saturated carbocycles. The number of hydrogen-bond acceptors (Lipinski definition) is 4. The molecular weight excluding hydrogens is 301 g/mol. The van der Waals surface area contributed by atoms with E-state index in [1.165, 1.54) is 24.3 Å². The lowest BCUT2D eigenvalue weighted by Gasteiger charge is -2.08. The van der Waals surface area contributed by atoms with Crippen LogP contribution in [0.15, 0.2) is 24.3 Å². The van der Waals surface area contributed by atoms with Crippen LogP contribution < -0.4 is 0 Å². The molecule has 0 aliphatic rings. The van der Waals surface area contributed by atoms with Crippen molar-refractivity contribution in [3.05, 3.63) is 47.0 Å². The number of H-pyrrole nitrogens is 1. The first-order chi connectivity index (χ1) is 11.0. The Morgan fingerprint density at radius 2 is 1.61 bits per heavy atom. The topological polar surface area (TPSA) is 68.4 Å². The van der Waals surface area contributed by atoms with E-state index in [-0.39, 0.29) is 24.5 Å². The Balaban J connectivity index is 2.64. The molecule has 0 aliphatic carbocycles. The highest BCUT2D eigenvalue weighted by molar-refractivity contribution is 6.06. The van der Waals surface area contributed by atoms with Crippen LogP contribution in [-0.4, -0.2) is 30.1 Å². The van der Waals surface area contributed by atoms with Gasteiger partial charge < -0.3 is 14.5 Å². The van der Waals surface area contributed by atoms with E-state index in [1.54, 1.807) is 20.8 Å². The van der Waals surface area contributed by atoms with Crippen LogP contribution in [0.1, 0.15) is 40.4 Å². The Bertz CT molecular complexity index is 719. The number of aromatic nitrogens is 1. The van der Waals surface area contributed by atoms with Crippen LogP contribution in [0, 0.1) is 12.7 Å². The third-order valence-electron chi connectivity index (χ3n) is 3.28. The molecule has 2 rings (SSSR count). The zero-order chi connectivity index (χ0) is 17.0. The van der Waals surface area contributed by atoms with E-state index in [9.17, 15) is 14.0 Å². The smallest absolute Gasteiger partial charge is 0.355 e. The first kappa shape index (κ1) is 16.7. The van der Waals surface area contributed by atoms with Crippen molar-refractivity contribution >= 4 is 11.9 Å². The molecule has 1 N–H and O–H groups in total. The zero-order valence-electron chi connectivity index (χ0n) is 13.2. The molecule has 0 saturated heterocycles. The fraction of sp³-hybridized carbons (Fsp3) is 0.294. The van der Waals surface area contributed by atoms with Crippen molar-refractivity contribution in [3.63, 3.8) is 0 Å². The van der Waals surface area contributed by atoms with Crippen LogP contribution in [0.4, 0.5) is 4.39 Å². The molecule has 0 radical (unpaired) electrons. The average Bonchev–Trinajstić information content (AvgIpc) is 2.86. The second-order valence-electron chi connectivity index (χ2n) is 4.82. The van der Waals surface area contributed by atoms with Gasteiger partial charge in [-0.1, -0.05) is 12.1 Å². The van der Waals surface area contributed by atoms with Crippen LogP contribution in [0.3, 0.4) is 0 Å². The van der Waals surface area contributed by atoms with Gasteiger partial charge in [-0.2, -0.15) is 0 Å². The van der Waals surface area contributed by atoms with Gasteiger partial charge in [-0.15, -0.1) is 0 Å². The summed E-state index contributed by atoms with van der Waals surface area (Å²) in [6.07, 6.45) is 0. The lowest BCUT2D eigenvalue weighted by atomic mass is 10.00. The number of hydrogen-bond donors (Lipinski definition) is 1. The number of esters is 2. The van der Waals surface area contributed by atoms with Crippen molar-refractivity contribution in [1.29, 1.82) is 0 Å². The van der Waals surface area contributed by atoms with E-state index in [0.717, 1.165) is 0 Å². The fourth-order valence-corrected chi connectivity index (χ4v) is 2.35. The van der Waals surface area contributed by atoms with E-state index < -0.39 is 17.8 Å². The van der Waals surface area contributed by atoms with Crippen LogP contribution in [0.25, 0.3) is 11.1 Å². The van der Waals surface area contributed by atoms with Gasteiger partial charge in [0.15, 0.2) is 0 Å². The van der Waals surface area contributed by atoms with Crippen LogP contribution in [0.2, 0.25) is 0 Å². The van der Waals surface area contributed by atoms with Gasteiger partial charge in [0.25, 0.3) is 0 Å². The number of aryl methyl sites for hydroxylation is 1. The lowest BCUT2D eigenvalue weighted by molar-refractivity contribution is 0.0518. The molecule has 5 nitrogen and oxygen atoms in total. The maximum absolute atomic E-state index is 13.2. The molecular formula is C17H18FNO4. The predicted molar refractivity (Wildman–Crippen MR) is 82.8 cm³/mol. The molecule has 0 amide bonds. The lowest BCUT2D eigenvalue weighted by Crippen LogP contribution is -2.09. The number of nitrogens with one attached hydrogen (secondary N) is 1. The number of ether oxygens (including phenoxy) is 2. The number of carbonyl (C=O) groups is 2. The van der Waals surface area contributed by atoms with Crippen molar-refractivity contribution in [2.75, 3.05) is 13.2 Å². The van der Waals surface area contributed by atoms with Gasteiger partial charge in [0.1, 0.15) is 11.5 Å². The van der Waals surface area contributed by atoms with Gasteiger partial charge in [0.05, 0.1) is 18.8 Å². The Morgan fingerprint density at radius 3 is 2.17 bits per heavy atom. The van der Waals surface area contributed by atoms with Gasteiger partial charge in [-0.3, -0.25) is 0 Å². The number of rotatable bonds is 5. The summed E-state index contributed by atoms with van der Waals surface area (Å²) in [5.41, 5.74) is 1.78. The first-order valence-corrected chi connectivity index (χ1v) is 7.32. The van der Waals surface area contributed by atoms with Crippen molar-refractivity contribution in [2.24, 2.45) is 0 Å². The van der Waals surface area contributed by atoms with Crippen molar-refractivity contribution in [1.82, 2.24) is 4.98 Å². The number of aromatic amines is 1. The van der Waals surface area contributed by atoms with E-state index in [0.29, 0.717) is 16.8 Å². The summed E-state index contributed by atoms with van der Waals surface area (Å²) in [6, 6.07) is 5.54. The number of benzene rings is 1. The summed E-state index contributed by atoms with van der Waals surface area (Å²) in [7, 11) is 0. The van der Waals surface area contributed by atoms with E-state index in [4.69, 9.17) is 9.47 Å². The van der Waals surface area contributed by atoms with Gasteiger partial charge >= 0.3 is 11.9 Å². The summed E-state index contributed by atoms with van der Waals surface area (Å²) in [4.78, 5) is 27.3. The van der Waals surface area contributed by atoms with Gasteiger partial charge in [0.2, 0.25) is 0 Å².